The van der Waals surface area contributed by atoms with E-state index in [1.807, 2.05) is 0 Å². The molecule has 0 aliphatic rings. The molecule has 0 saturated carbocycles. The van der Waals surface area contributed by atoms with Crippen LogP contribution in [0.4, 0.5) is 14.5 Å². The molecule has 0 bridgehead atoms. The molecule has 0 unspecified atom stereocenters. The molecule has 4 rings (SSSR count). The second-order valence-electron chi connectivity index (χ2n) is 6.20. The highest BCUT2D eigenvalue weighted by Crippen LogP contribution is 2.38. The minimum atomic E-state index is -0.868. The molecule has 3 N–H and O–H groups in total. The summed E-state index contributed by atoms with van der Waals surface area (Å²) >= 11 is 0. The molecule has 142 valence electrons. The number of aromatic nitrogens is 3. The molecule has 0 aliphatic carbocycles. The molecule has 0 saturated heterocycles. The summed E-state index contributed by atoms with van der Waals surface area (Å²) in [6.45, 7) is 0. The maximum absolute atomic E-state index is 14.0. The Morgan fingerprint density at radius 1 is 1.07 bits per heavy atom. The molecular formula is C19H14F2N4O3. The molecule has 0 radical (unpaired) electrons. The summed E-state index contributed by atoms with van der Waals surface area (Å²) in [5.41, 5.74) is 7.03. The van der Waals surface area contributed by atoms with Crippen LogP contribution in [0.5, 0.6) is 11.5 Å². The SMILES string of the molecule is Cn1cc(-c2cc(N)ccc2Oc2ccc(F)cc2F)c2nn(O)cc2c1=O. The third kappa shape index (κ3) is 2.92. The Hall–Kier alpha value is -3.88. The van der Waals surface area contributed by atoms with Crippen molar-refractivity contribution in [2.75, 3.05) is 5.73 Å². The molecule has 0 spiro atoms. The lowest BCUT2D eigenvalue weighted by molar-refractivity contribution is 0.151. The van der Waals surface area contributed by atoms with Crippen molar-refractivity contribution in [2.24, 2.45) is 7.05 Å². The lowest BCUT2D eigenvalue weighted by Crippen LogP contribution is -2.16. The number of benzene rings is 2. The van der Waals surface area contributed by atoms with E-state index in [1.54, 1.807) is 19.2 Å². The molecule has 0 amide bonds. The molecule has 9 heteroatoms. The van der Waals surface area contributed by atoms with Crippen LogP contribution in [0, 0.1) is 11.6 Å². The first-order chi connectivity index (χ1) is 13.3. The molecule has 0 atom stereocenters. The third-order valence-corrected chi connectivity index (χ3v) is 4.24. The van der Waals surface area contributed by atoms with E-state index in [4.69, 9.17) is 10.5 Å². The normalized spacial score (nSPS) is 11.1. The molecule has 0 fully saturated rings. The smallest absolute Gasteiger partial charge is 0.261 e. The van der Waals surface area contributed by atoms with Gasteiger partial charge in [0.15, 0.2) is 11.6 Å². The van der Waals surface area contributed by atoms with Gasteiger partial charge in [0.2, 0.25) is 0 Å². The summed E-state index contributed by atoms with van der Waals surface area (Å²) < 4.78 is 34.2. The summed E-state index contributed by atoms with van der Waals surface area (Å²) in [5.74, 6) is -1.56. The third-order valence-electron chi connectivity index (χ3n) is 4.24. The Bertz CT molecular complexity index is 1280. The summed E-state index contributed by atoms with van der Waals surface area (Å²) in [7, 11) is 1.55. The Balaban J connectivity index is 1.94. The zero-order chi connectivity index (χ0) is 20.0. The number of fused-ring (bicyclic) bond motifs is 1. The monoisotopic (exact) mass is 384 g/mol. The van der Waals surface area contributed by atoms with Gasteiger partial charge in [-0.1, -0.05) is 0 Å². The van der Waals surface area contributed by atoms with Gasteiger partial charge < -0.3 is 20.2 Å². The molecule has 0 aliphatic heterocycles. The van der Waals surface area contributed by atoms with Gasteiger partial charge in [-0.3, -0.25) is 4.79 Å². The minimum Gasteiger partial charge on any atom is -0.454 e. The highest BCUT2D eigenvalue weighted by Gasteiger charge is 2.18. The number of rotatable bonds is 3. The number of hydrogen-bond donors (Lipinski definition) is 2. The number of halogens is 2. The van der Waals surface area contributed by atoms with E-state index in [-0.39, 0.29) is 28.0 Å². The van der Waals surface area contributed by atoms with Gasteiger partial charge in [0, 0.05) is 36.1 Å². The topological polar surface area (TPSA) is 95.3 Å². The van der Waals surface area contributed by atoms with Gasteiger partial charge in [0.05, 0.1) is 11.6 Å². The zero-order valence-electron chi connectivity index (χ0n) is 14.6. The lowest BCUT2D eigenvalue weighted by atomic mass is 10.0. The fourth-order valence-corrected chi connectivity index (χ4v) is 2.94. The van der Waals surface area contributed by atoms with Crippen molar-refractivity contribution in [3.05, 3.63) is 70.8 Å². The van der Waals surface area contributed by atoms with E-state index in [9.17, 15) is 18.8 Å². The van der Waals surface area contributed by atoms with E-state index in [2.05, 4.69) is 5.10 Å². The van der Waals surface area contributed by atoms with Gasteiger partial charge in [-0.15, -0.1) is 9.94 Å². The van der Waals surface area contributed by atoms with Gasteiger partial charge in [0.25, 0.3) is 5.56 Å². The van der Waals surface area contributed by atoms with Gasteiger partial charge in [-0.25, -0.2) is 8.78 Å². The predicted molar refractivity (Wildman–Crippen MR) is 98.4 cm³/mol. The highest BCUT2D eigenvalue weighted by molar-refractivity contribution is 5.94. The average Bonchev–Trinajstić information content (AvgIpc) is 3.04. The van der Waals surface area contributed by atoms with E-state index in [0.29, 0.717) is 27.7 Å². The Kier molecular flexibility index (Phi) is 3.99. The van der Waals surface area contributed by atoms with Crippen LogP contribution in [-0.4, -0.2) is 19.7 Å². The molecule has 28 heavy (non-hydrogen) atoms. The van der Waals surface area contributed by atoms with E-state index in [0.717, 1.165) is 6.07 Å². The lowest BCUT2D eigenvalue weighted by Gasteiger charge is -2.14. The number of aryl methyl sites for hydroxylation is 1. The molecular weight excluding hydrogens is 370 g/mol. The second-order valence-corrected chi connectivity index (χ2v) is 6.20. The van der Waals surface area contributed by atoms with Crippen LogP contribution >= 0.6 is 0 Å². The molecule has 4 aromatic rings. The summed E-state index contributed by atoms with van der Waals surface area (Å²) in [5, 5.41) is 13.8. The van der Waals surface area contributed by atoms with Crippen LogP contribution in [0.1, 0.15) is 0 Å². The van der Waals surface area contributed by atoms with E-state index in [1.165, 1.54) is 29.1 Å². The Labute approximate surface area is 156 Å². The molecule has 2 aromatic carbocycles. The van der Waals surface area contributed by atoms with E-state index < -0.39 is 11.6 Å². The van der Waals surface area contributed by atoms with Crippen LogP contribution in [-0.2, 0) is 7.05 Å². The highest BCUT2D eigenvalue weighted by atomic mass is 19.1. The summed E-state index contributed by atoms with van der Waals surface area (Å²) in [6.07, 6.45) is 2.70. The fourth-order valence-electron chi connectivity index (χ4n) is 2.94. The first kappa shape index (κ1) is 17.5. The van der Waals surface area contributed by atoms with Gasteiger partial charge in [-0.2, -0.15) is 0 Å². The quantitative estimate of drug-likeness (QED) is 0.417. The summed E-state index contributed by atoms with van der Waals surface area (Å²) in [4.78, 5) is 12.8. The second kappa shape index (κ2) is 6.38. The Morgan fingerprint density at radius 2 is 1.82 bits per heavy atom. The molecule has 2 heterocycles. The van der Waals surface area contributed by atoms with E-state index >= 15 is 0 Å². The molecule has 7 nitrogen and oxygen atoms in total. The standard InChI is InChI=1S/C19H14F2N4O3/c1-24-8-13(18-14(19(24)26)9-25(27)23-18)12-7-11(22)3-5-16(12)28-17-4-2-10(20)6-15(17)21/h2-9,27H,22H2,1H3. The van der Waals surface area contributed by atoms with Crippen molar-refractivity contribution >= 4 is 16.6 Å². The van der Waals surface area contributed by atoms with Gasteiger partial charge in [-0.05, 0) is 30.3 Å². The number of nitrogens with two attached hydrogens (primary N) is 1. The van der Waals surface area contributed by atoms with Crippen LogP contribution < -0.4 is 16.0 Å². The number of ether oxygens (including phenoxy) is 1. The maximum atomic E-state index is 14.0. The summed E-state index contributed by atoms with van der Waals surface area (Å²) in [6, 6.07) is 7.62. The zero-order valence-corrected chi connectivity index (χ0v) is 14.6. The van der Waals surface area contributed by atoms with Crippen molar-refractivity contribution in [1.29, 1.82) is 0 Å². The number of nitrogens with zero attached hydrogens (tertiary/aromatic N) is 3. The maximum Gasteiger partial charge on any atom is 0.261 e. The number of anilines is 1. The van der Waals surface area contributed by atoms with Gasteiger partial charge >= 0.3 is 0 Å². The Morgan fingerprint density at radius 3 is 2.57 bits per heavy atom. The van der Waals surface area contributed by atoms with Crippen LogP contribution in [0.3, 0.4) is 0 Å². The van der Waals surface area contributed by atoms with Crippen LogP contribution in [0.25, 0.3) is 22.0 Å². The van der Waals surface area contributed by atoms with Crippen molar-refractivity contribution < 1.29 is 18.7 Å². The number of hydrogen-bond acceptors (Lipinski definition) is 5. The first-order valence-corrected chi connectivity index (χ1v) is 8.14. The average molecular weight is 384 g/mol. The van der Waals surface area contributed by atoms with Crippen molar-refractivity contribution in [3.63, 3.8) is 0 Å². The largest absolute Gasteiger partial charge is 0.454 e. The molecule has 2 aromatic heterocycles. The fraction of sp³-hybridized carbons (Fsp3) is 0.0526. The van der Waals surface area contributed by atoms with Crippen LogP contribution in [0.15, 0.2) is 53.6 Å². The first-order valence-electron chi connectivity index (χ1n) is 8.14. The number of nitrogen functional groups attached to an aromatic ring is 1. The number of pyridine rings is 1. The van der Waals surface area contributed by atoms with Crippen molar-refractivity contribution in [3.8, 4) is 22.6 Å². The van der Waals surface area contributed by atoms with Crippen LogP contribution in [0.2, 0.25) is 0 Å². The minimum absolute atomic E-state index is 0.179. The van der Waals surface area contributed by atoms with Crippen molar-refractivity contribution in [1.82, 2.24) is 14.5 Å². The van der Waals surface area contributed by atoms with Gasteiger partial charge in [0.1, 0.15) is 17.1 Å². The van der Waals surface area contributed by atoms with Crippen molar-refractivity contribution in [2.45, 2.75) is 0 Å². The predicted octanol–water partition coefficient (Wildman–Crippen LogP) is 3.29.